The molecule has 2 rings (SSSR count). The van der Waals surface area contributed by atoms with Crippen molar-refractivity contribution in [2.24, 2.45) is 5.92 Å². The topological polar surface area (TPSA) is 38.7 Å². The third-order valence-corrected chi connectivity index (χ3v) is 3.96. The second kappa shape index (κ2) is 6.69. The molecule has 2 N–H and O–H groups in total. The minimum atomic E-state index is -0.189. The van der Waals surface area contributed by atoms with E-state index in [4.69, 9.17) is 0 Å². The van der Waals surface area contributed by atoms with Crippen LogP contribution in [0.3, 0.4) is 0 Å². The third kappa shape index (κ3) is 4.54. The fourth-order valence-electron chi connectivity index (χ4n) is 2.96. The number of rotatable bonds is 4. The number of piperidine rings is 1. The molecule has 2 aliphatic rings. The average Bonchev–Trinajstić information content (AvgIpc) is 2.32. The van der Waals surface area contributed by atoms with Crippen LogP contribution < -0.4 is 5.32 Å². The van der Waals surface area contributed by atoms with Crippen molar-refractivity contribution < 1.29 is 5.11 Å². The van der Waals surface area contributed by atoms with E-state index < -0.39 is 0 Å². The highest BCUT2D eigenvalue weighted by molar-refractivity contribution is 4.77. The normalized spacial score (nSPS) is 27.2. The molecule has 0 amide bonds. The molecule has 4 heteroatoms. The Bertz CT molecular complexity index is 209. The van der Waals surface area contributed by atoms with Crippen molar-refractivity contribution in [2.75, 3.05) is 52.4 Å². The van der Waals surface area contributed by atoms with E-state index >= 15 is 0 Å². The molecular weight excluding hydrogens is 214 g/mol. The highest BCUT2D eigenvalue weighted by Gasteiger charge is 2.21. The first-order valence-corrected chi connectivity index (χ1v) is 7.07. The Morgan fingerprint density at radius 3 is 2.29 bits per heavy atom. The van der Waals surface area contributed by atoms with E-state index in [9.17, 15) is 5.11 Å². The van der Waals surface area contributed by atoms with E-state index in [1.165, 1.54) is 45.6 Å². The Balaban J connectivity index is 1.64. The molecule has 0 aromatic heterocycles. The zero-order valence-electron chi connectivity index (χ0n) is 11.1. The highest BCUT2D eigenvalue weighted by Crippen LogP contribution is 2.14. The Kier molecular flexibility index (Phi) is 5.22. The van der Waals surface area contributed by atoms with Gasteiger partial charge < -0.3 is 15.3 Å². The maximum atomic E-state index is 9.37. The van der Waals surface area contributed by atoms with Gasteiger partial charge in [-0.05, 0) is 38.8 Å². The predicted octanol–water partition coefficient (Wildman–Crippen LogP) is -0.0156. The van der Waals surface area contributed by atoms with Crippen LogP contribution in [0.15, 0.2) is 0 Å². The van der Waals surface area contributed by atoms with Crippen LogP contribution in [0.4, 0.5) is 0 Å². The lowest BCUT2D eigenvalue weighted by molar-refractivity contribution is 0.0718. The van der Waals surface area contributed by atoms with Crippen molar-refractivity contribution in [3.8, 4) is 0 Å². The molecule has 2 heterocycles. The number of nitrogens with zero attached hydrogens (tertiary/aromatic N) is 2. The van der Waals surface area contributed by atoms with Gasteiger partial charge in [0, 0.05) is 39.3 Å². The number of hydrogen-bond donors (Lipinski definition) is 2. The Hall–Kier alpha value is -0.160. The molecule has 1 atom stereocenters. The summed E-state index contributed by atoms with van der Waals surface area (Å²) in [6.45, 7) is 11.0. The third-order valence-electron chi connectivity index (χ3n) is 3.96. The van der Waals surface area contributed by atoms with Gasteiger partial charge in [-0.2, -0.15) is 0 Å². The summed E-state index contributed by atoms with van der Waals surface area (Å²) in [5.41, 5.74) is 0. The van der Waals surface area contributed by atoms with Gasteiger partial charge in [-0.15, -0.1) is 0 Å². The lowest BCUT2D eigenvalue weighted by Gasteiger charge is -2.37. The van der Waals surface area contributed by atoms with Crippen LogP contribution in [0.5, 0.6) is 0 Å². The molecule has 100 valence electrons. The van der Waals surface area contributed by atoms with Crippen molar-refractivity contribution in [3.63, 3.8) is 0 Å². The van der Waals surface area contributed by atoms with Gasteiger partial charge in [0.05, 0.1) is 6.10 Å². The summed E-state index contributed by atoms with van der Waals surface area (Å²) in [6.07, 6.45) is 2.49. The van der Waals surface area contributed by atoms with E-state index in [1.54, 1.807) is 0 Å². The van der Waals surface area contributed by atoms with Crippen LogP contribution in [-0.2, 0) is 0 Å². The van der Waals surface area contributed by atoms with Gasteiger partial charge in [-0.3, -0.25) is 4.90 Å². The molecule has 17 heavy (non-hydrogen) atoms. The zero-order valence-corrected chi connectivity index (χ0v) is 11.1. The first-order chi connectivity index (χ1) is 8.24. The van der Waals surface area contributed by atoms with E-state index in [0.29, 0.717) is 0 Å². The molecule has 0 spiro atoms. The largest absolute Gasteiger partial charge is 0.392 e. The summed E-state index contributed by atoms with van der Waals surface area (Å²) in [5.74, 6) is 0.902. The SMILES string of the molecule is C[C@H](O)CN1CCN(CC2CCNCC2)CC1. The Morgan fingerprint density at radius 2 is 1.71 bits per heavy atom. The molecule has 0 radical (unpaired) electrons. The summed E-state index contributed by atoms with van der Waals surface area (Å²) in [5, 5.41) is 12.8. The second-order valence-electron chi connectivity index (χ2n) is 5.64. The van der Waals surface area contributed by atoms with Crippen LogP contribution >= 0.6 is 0 Å². The Morgan fingerprint density at radius 1 is 1.12 bits per heavy atom. The second-order valence-corrected chi connectivity index (χ2v) is 5.64. The average molecular weight is 241 g/mol. The number of β-amino-alcohol motifs (C(OH)–C–C–N with tert-alkyl or cyclic N) is 1. The summed E-state index contributed by atoms with van der Waals surface area (Å²) in [6, 6.07) is 0. The predicted molar refractivity (Wildman–Crippen MR) is 70.2 cm³/mol. The zero-order chi connectivity index (χ0) is 12.1. The standard InChI is InChI=1S/C13H27N3O/c1-12(17)10-15-6-8-16(9-7-15)11-13-2-4-14-5-3-13/h12-14,17H,2-11H2,1H3/t12-/m0/s1. The first-order valence-electron chi connectivity index (χ1n) is 7.07. The van der Waals surface area contributed by atoms with Gasteiger partial charge in [-0.1, -0.05) is 0 Å². The number of aliphatic hydroxyl groups is 1. The Labute approximate surface area is 105 Å². The van der Waals surface area contributed by atoms with Gasteiger partial charge in [0.25, 0.3) is 0 Å². The van der Waals surface area contributed by atoms with E-state index in [-0.39, 0.29) is 6.10 Å². The van der Waals surface area contributed by atoms with Crippen molar-refractivity contribution in [1.82, 2.24) is 15.1 Å². The van der Waals surface area contributed by atoms with Crippen LogP contribution in [0, 0.1) is 5.92 Å². The molecule has 0 saturated carbocycles. The fraction of sp³-hybridized carbons (Fsp3) is 1.00. The lowest BCUT2D eigenvalue weighted by Crippen LogP contribution is -2.49. The maximum Gasteiger partial charge on any atom is 0.0639 e. The minimum Gasteiger partial charge on any atom is -0.392 e. The number of aliphatic hydroxyl groups excluding tert-OH is 1. The fourth-order valence-corrected chi connectivity index (χ4v) is 2.96. The van der Waals surface area contributed by atoms with Crippen molar-refractivity contribution >= 4 is 0 Å². The summed E-state index contributed by atoms with van der Waals surface area (Å²) in [7, 11) is 0. The van der Waals surface area contributed by atoms with Gasteiger partial charge in [0.1, 0.15) is 0 Å². The molecule has 0 aromatic carbocycles. The first kappa shape index (κ1) is 13.3. The lowest BCUT2D eigenvalue weighted by atomic mass is 9.97. The van der Waals surface area contributed by atoms with Crippen molar-refractivity contribution in [1.29, 1.82) is 0 Å². The molecule has 0 unspecified atom stereocenters. The van der Waals surface area contributed by atoms with Crippen LogP contribution in [0.1, 0.15) is 19.8 Å². The summed E-state index contributed by atoms with van der Waals surface area (Å²) >= 11 is 0. The van der Waals surface area contributed by atoms with E-state index in [0.717, 1.165) is 25.6 Å². The van der Waals surface area contributed by atoms with Crippen LogP contribution in [0.25, 0.3) is 0 Å². The van der Waals surface area contributed by atoms with Gasteiger partial charge in [0.15, 0.2) is 0 Å². The molecule has 2 fully saturated rings. The summed E-state index contributed by atoms with van der Waals surface area (Å²) < 4.78 is 0. The van der Waals surface area contributed by atoms with E-state index in [2.05, 4.69) is 15.1 Å². The molecule has 2 aliphatic heterocycles. The maximum absolute atomic E-state index is 9.37. The van der Waals surface area contributed by atoms with Gasteiger partial charge in [-0.25, -0.2) is 0 Å². The minimum absolute atomic E-state index is 0.189. The molecule has 2 saturated heterocycles. The molecular formula is C13H27N3O. The van der Waals surface area contributed by atoms with Crippen molar-refractivity contribution in [3.05, 3.63) is 0 Å². The molecule has 0 bridgehead atoms. The van der Waals surface area contributed by atoms with E-state index in [1.807, 2.05) is 6.92 Å². The number of hydrogen-bond acceptors (Lipinski definition) is 4. The molecule has 0 aromatic rings. The van der Waals surface area contributed by atoms with Gasteiger partial charge in [0.2, 0.25) is 0 Å². The quantitative estimate of drug-likeness (QED) is 0.726. The van der Waals surface area contributed by atoms with Crippen molar-refractivity contribution in [2.45, 2.75) is 25.9 Å². The molecule has 0 aliphatic carbocycles. The monoisotopic (exact) mass is 241 g/mol. The number of piperazine rings is 1. The van der Waals surface area contributed by atoms with Gasteiger partial charge >= 0.3 is 0 Å². The smallest absolute Gasteiger partial charge is 0.0639 e. The summed E-state index contributed by atoms with van der Waals surface area (Å²) in [4.78, 5) is 4.98. The van der Waals surface area contributed by atoms with Crippen LogP contribution in [-0.4, -0.2) is 73.4 Å². The van der Waals surface area contributed by atoms with Crippen LogP contribution in [0.2, 0.25) is 0 Å². The molecule has 4 nitrogen and oxygen atoms in total. The highest BCUT2D eigenvalue weighted by atomic mass is 16.3. The number of nitrogens with one attached hydrogen (secondary N) is 1.